The summed E-state index contributed by atoms with van der Waals surface area (Å²) in [4.78, 5) is 16.5. The molecule has 2 aromatic rings. The first-order valence-corrected chi connectivity index (χ1v) is 8.20. The monoisotopic (exact) mass is 335 g/mol. The molecule has 0 aliphatic carbocycles. The minimum absolute atomic E-state index is 0.0627. The largest absolute Gasteiger partial charge is 0.376 e. The van der Waals surface area contributed by atoms with Gasteiger partial charge >= 0.3 is 0 Å². The lowest BCUT2D eigenvalue weighted by molar-refractivity contribution is -0.130. The van der Waals surface area contributed by atoms with Crippen molar-refractivity contribution in [3.05, 3.63) is 24.0 Å². The molecular weight excluding hydrogens is 313 g/mol. The number of rotatable bonds is 5. The lowest BCUT2D eigenvalue weighted by Crippen LogP contribution is -2.33. The SMILES string of the molecule is C[C@@H](OC[C@@H]1CCCCO1)C(=O)Nc1nc2cc(F)ccc2n1C. The van der Waals surface area contributed by atoms with E-state index < -0.39 is 6.10 Å². The summed E-state index contributed by atoms with van der Waals surface area (Å²) in [5.74, 6) is -0.280. The maximum absolute atomic E-state index is 13.3. The van der Waals surface area contributed by atoms with Crippen molar-refractivity contribution in [2.24, 2.45) is 7.05 Å². The van der Waals surface area contributed by atoms with Crippen molar-refractivity contribution in [3.63, 3.8) is 0 Å². The molecule has 6 nitrogen and oxygen atoms in total. The molecule has 1 aliphatic heterocycles. The quantitative estimate of drug-likeness (QED) is 0.912. The minimum atomic E-state index is -0.618. The first-order chi connectivity index (χ1) is 11.5. The van der Waals surface area contributed by atoms with Crippen LogP contribution >= 0.6 is 0 Å². The molecule has 0 saturated carbocycles. The zero-order chi connectivity index (χ0) is 17.1. The molecule has 1 aromatic heterocycles. The number of aromatic nitrogens is 2. The van der Waals surface area contributed by atoms with E-state index >= 15 is 0 Å². The molecule has 0 unspecified atom stereocenters. The first kappa shape index (κ1) is 16.9. The van der Waals surface area contributed by atoms with Crippen molar-refractivity contribution in [2.45, 2.75) is 38.4 Å². The third-order valence-corrected chi connectivity index (χ3v) is 4.25. The molecule has 2 atom stereocenters. The summed E-state index contributed by atoms with van der Waals surface area (Å²) >= 11 is 0. The smallest absolute Gasteiger partial charge is 0.255 e. The maximum Gasteiger partial charge on any atom is 0.255 e. The van der Waals surface area contributed by atoms with Crippen LogP contribution in [0.25, 0.3) is 11.0 Å². The van der Waals surface area contributed by atoms with E-state index in [1.54, 1.807) is 24.6 Å². The van der Waals surface area contributed by atoms with Crippen LogP contribution in [0, 0.1) is 5.82 Å². The number of imidazole rings is 1. The van der Waals surface area contributed by atoms with Crippen molar-refractivity contribution >= 4 is 22.9 Å². The van der Waals surface area contributed by atoms with Gasteiger partial charge in [0.25, 0.3) is 5.91 Å². The third kappa shape index (κ3) is 3.73. The molecule has 1 N–H and O–H groups in total. The Bertz CT molecular complexity index is 725. The second kappa shape index (κ2) is 7.27. The van der Waals surface area contributed by atoms with Crippen LogP contribution in [0.5, 0.6) is 0 Å². The van der Waals surface area contributed by atoms with Gasteiger partial charge in [0.05, 0.1) is 23.7 Å². The van der Waals surface area contributed by atoms with Crippen molar-refractivity contribution in [1.82, 2.24) is 9.55 Å². The second-order valence-corrected chi connectivity index (χ2v) is 6.08. The lowest BCUT2D eigenvalue weighted by Gasteiger charge is -2.23. The molecule has 0 bridgehead atoms. The van der Waals surface area contributed by atoms with E-state index in [4.69, 9.17) is 9.47 Å². The number of halogens is 1. The van der Waals surface area contributed by atoms with E-state index in [2.05, 4.69) is 10.3 Å². The van der Waals surface area contributed by atoms with E-state index in [-0.39, 0.29) is 17.8 Å². The number of nitrogens with zero attached hydrogens (tertiary/aromatic N) is 2. The predicted octanol–water partition coefficient (Wildman–Crippen LogP) is 2.63. The standard InChI is InChI=1S/C17H22FN3O3/c1-11(24-10-13-5-3-4-8-23-13)16(22)20-17-19-14-9-12(18)6-7-15(14)21(17)2/h6-7,9,11,13H,3-5,8,10H2,1-2H3,(H,19,20,22)/t11-,13+/m1/s1. The summed E-state index contributed by atoms with van der Waals surface area (Å²) < 4.78 is 26.2. The number of amides is 1. The molecule has 0 spiro atoms. The van der Waals surface area contributed by atoms with Gasteiger partial charge in [0.1, 0.15) is 11.9 Å². The number of carbonyl (C=O) groups is 1. The van der Waals surface area contributed by atoms with Crippen molar-refractivity contribution in [3.8, 4) is 0 Å². The van der Waals surface area contributed by atoms with Gasteiger partial charge in [-0.2, -0.15) is 0 Å². The topological polar surface area (TPSA) is 65.4 Å². The highest BCUT2D eigenvalue weighted by Gasteiger charge is 2.20. The molecule has 1 fully saturated rings. The lowest BCUT2D eigenvalue weighted by atomic mass is 10.1. The van der Waals surface area contributed by atoms with E-state index in [0.717, 1.165) is 31.4 Å². The van der Waals surface area contributed by atoms with Crippen LogP contribution in [0.2, 0.25) is 0 Å². The van der Waals surface area contributed by atoms with Crippen molar-refractivity contribution < 1.29 is 18.7 Å². The van der Waals surface area contributed by atoms with Gasteiger partial charge in [-0.25, -0.2) is 9.37 Å². The molecule has 2 heterocycles. The summed E-state index contributed by atoms with van der Waals surface area (Å²) in [6.45, 7) is 2.86. The van der Waals surface area contributed by atoms with Crippen LogP contribution in [-0.2, 0) is 21.3 Å². The van der Waals surface area contributed by atoms with E-state index in [1.807, 2.05) is 0 Å². The van der Waals surface area contributed by atoms with Crippen LogP contribution in [-0.4, -0.2) is 40.9 Å². The number of aryl methyl sites for hydroxylation is 1. The van der Waals surface area contributed by atoms with Gasteiger partial charge < -0.3 is 14.0 Å². The van der Waals surface area contributed by atoms with E-state index in [0.29, 0.717) is 18.1 Å². The third-order valence-electron chi connectivity index (χ3n) is 4.25. The minimum Gasteiger partial charge on any atom is -0.376 e. The zero-order valence-electron chi connectivity index (χ0n) is 13.9. The number of anilines is 1. The molecular formula is C17H22FN3O3. The summed E-state index contributed by atoms with van der Waals surface area (Å²) in [5.41, 5.74) is 1.24. The van der Waals surface area contributed by atoms with Crippen molar-refractivity contribution in [1.29, 1.82) is 0 Å². The average Bonchev–Trinajstić information content (AvgIpc) is 2.88. The molecule has 3 rings (SSSR count). The van der Waals surface area contributed by atoms with Crippen molar-refractivity contribution in [2.75, 3.05) is 18.5 Å². The number of hydrogen-bond donors (Lipinski definition) is 1. The highest BCUT2D eigenvalue weighted by molar-refractivity contribution is 5.94. The summed E-state index contributed by atoms with van der Waals surface area (Å²) in [6.07, 6.45) is 2.62. The molecule has 1 aliphatic rings. The number of benzene rings is 1. The van der Waals surface area contributed by atoms with Gasteiger partial charge in [-0.05, 0) is 38.3 Å². The van der Waals surface area contributed by atoms with E-state index in [9.17, 15) is 9.18 Å². The van der Waals surface area contributed by atoms with Crippen LogP contribution in [0.1, 0.15) is 26.2 Å². The molecule has 130 valence electrons. The Balaban J connectivity index is 1.60. The van der Waals surface area contributed by atoms with Gasteiger partial charge in [-0.3, -0.25) is 10.1 Å². The molecule has 1 saturated heterocycles. The number of hydrogen-bond acceptors (Lipinski definition) is 4. The predicted molar refractivity (Wildman–Crippen MR) is 88.3 cm³/mol. The Morgan fingerprint density at radius 1 is 1.54 bits per heavy atom. The number of ether oxygens (including phenoxy) is 2. The second-order valence-electron chi connectivity index (χ2n) is 6.08. The molecule has 7 heteroatoms. The Kier molecular flexibility index (Phi) is 5.11. The van der Waals surface area contributed by atoms with Gasteiger partial charge in [0.2, 0.25) is 5.95 Å². The highest BCUT2D eigenvalue weighted by atomic mass is 19.1. The average molecular weight is 335 g/mol. The molecule has 24 heavy (non-hydrogen) atoms. The summed E-state index contributed by atoms with van der Waals surface area (Å²) in [7, 11) is 1.77. The van der Waals surface area contributed by atoms with E-state index in [1.165, 1.54) is 12.1 Å². The Hall–Kier alpha value is -1.99. The fourth-order valence-electron chi connectivity index (χ4n) is 2.76. The fourth-order valence-corrected chi connectivity index (χ4v) is 2.76. The Morgan fingerprint density at radius 3 is 3.12 bits per heavy atom. The Labute approximate surface area is 139 Å². The number of fused-ring (bicyclic) bond motifs is 1. The molecule has 0 radical (unpaired) electrons. The van der Waals surface area contributed by atoms with Crippen LogP contribution in [0.4, 0.5) is 10.3 Å². The maximum atomic E-state index is 13.3. The highest BCUT2D eigenvalue weighted by Crippen LogP contribution is 2.19. The van der Waals surface area contributed by atoms with Crippen LogP contribution in [0.15, 0.2) is 18.2 Å². The van der Waals surface area contributed by atoms with Gasteiger partial charge in [-0.1, -0.05) is 0 Å². The number of nitrogens with one attached hydrogen (secondary N) is 1. The number of carbonyl (C=O) groups excluding carboxylic acids is 1. The molecule has 1 amide bonds. The fraction of sp³-hybridized carbons (Fsp3) is 0.529. The van der Waals surface area contributed by atoms with Gasteiger partial charge in [-0.15, -0.1) is 0 Å². The molecule has 1 aromatic carbocycles. The summed E-state index contributed by atoms with van der Waals surface area (Å²) in [5, 5.41) is 2.73. The van der Waals surface area contributed by atoms with Gasteiger partial charge in [0.15, 0.2) is 0 Å². The summed E-state index contributed by atoms with van der Waals surface area (Å²) in [6, 6.07) is 4.34. The normalized spacial score (nSPS) is 19.4. The zero-order valence-corrected chi connectivity index (χ0v) is 13.9. The first-order valence-electron chi connectivity index (χ1n) is 8.20. The van der Waals surface area contributed by atoms with Crippen LogP contribution in [0.3, 0.4) is 0 Å². The Morgan fingerprint density at radius 2 is 2.38 bits per heavy atom. The van der Waals surface area contributed by atoms with Gasteiger partial charge in [0, 0.05) is 19.7 Å². The van der Waals surface area contributed by atoms with Crippen LogP contribution < -0.4 is 5.32 Å².